The number of allylic oxidation sites excluding steroid dienone is 8. The van der Waals surface area contributed by atoms with Crippen molar-refractivity contribution in [1.29, 1.82) is 0 Å². The van der Waals surface area contributed by atoms with E-state index in [2.05, 4.69) is 10.3 Å². The molecule has 0 unspecified atom stereocenters. The summed E-state index contributed by atoms with van der Waals surface area (Å²) in [5, 5.41) is 3.30. The summed E-state index contributed by atoms with van der Waals surface area (Å²) >= 11 is 0. The van der Waals surface area contributed by atoms with Gasteiger partial charge in [0.25, 0.3) is 0 Å². The van der Waals surface area contributed by atoms with Gasteiger partial charge in [-0.3, -0.25) is 4.79 Å². The first-order valence-electron chi connectivity index (χ1n) is 16.6. The first-order valence-corrected chi connectivity index (χ1v) is 16.6. The van der Waals surface area contributed by atoms with Crippen molar-refractivity contribution in [3.63, 3.8) is 0 Å². The van der Waals surface area contributed by atoms with Crippen molar-refractivity contribution in [2.75, 3.05) is 13.7 Å². The molecule has 0 bridgehead atoms. The fourth-order valence-electron chi connectivity index (χ4n) is 5.14. The second-order valence-electron chi connectivity index (χ2n) is 12.8. The minimum absolute atomic E-state index is 0.111. The third-order valence-electron chi connectivity index (χ3n) is 7.94. The number of ether oxygens (including phenoxy) is 3. The molecule has 1 heterocycles. The Labute approximate surface area is 284 Å². The number of imide groups is 1. The largest absolute Gasteiger partial charge is 0.492 e. The number of nitrogens with zero attached hydrogens (tertiary/aromatic N) is 2. The number of aliphatic imine (C=N–C) groups is 1. The summed E-state index contributed by atoms with van der Waals surface area (Å²) in [6.07, 6.45) is 12.9. The van der Waals surface area contributed by atoms with E-state index in [0.29, 0.717) is 30.8 Å². The Balaban J connectivity index is 1.94. The zero-order chi connectivity index (χ0) is 35.4. The number of esters is 1. The van der Waals surface area contributed by atoms with Crippen LogP contribution in [-0.2, 0) is 25.5 Å². The van der Waals surface area contributed by atoms with Crippen molar-refractivity contribution in [1.82, 2.24) is 10.2 Å². The number of hydrogen-bond acceptors (Lipinski definition) is 8. The summed E-state index contributed by atoms with van der Waals surface area (Å²) in [6.45, 7) is 13.8. The summed E-state index contributed by atoms with van der Waals surface area (Å²) in [7, 11) is 1.22. The minimum Gasteiger partial charge on any atom is -0.492 e. The highest BCUT2D eigenvalue weighted by molar-refractivity contribution is 5.96. The predicted octanol–water partition coefficient (Wildman–Crippen LogP) is 8.45. The number of halogens is 1. The molecule has 2 amide bonds. The highest BCUT2D eigenvalue weighted by Gasteiger charge is 2.37. The molecule has 0 aromatic heterocycles. The Morgan fingerprint density at radius 3 is 2.48 bits per heavy atom. The molecule has 2 fully saturated rings. The summed E-state index contributed by atoms with van der Waals surface area (Å²) in [5.41, 5.74) is 2.94. The number of carbonyl (C=O) groups excluding carboxylic acids is 3. The van der Waals surface area contributed by atoms with Crippen LogP contribution < -0.4 is 5.32 Å². The molecule has 3 rings (SSSR count). The van der Waals surface area contributed by atoms with Crippen LogP contribution in [0.3, 0.4) is 0 Å². The molecule has 1 aliphatic carbocycles. The fraction of sp³-hybridized carbons (Fsp3) is 0.474. The highest BCUT2D eigenvalue weighted by Crippen LogP contribution is 2.33. The van der Waals surface area contributed by atoms with Gasteiger partial charge in [-0.25, -0.2) is 19.0 Å². The van der Waals surface area contributed by atoms with E-state index in [-0.39, 0.29) is 29.8 Å². The molecule has 1 aromatic rings. The van der Waals surface area contributed by atoms with Crippen molar-refractivity contribution in [2.45, 2.75) is 99.1 Å². The molecule has 0 spiro atoms. The van der Waals surface area contributed by atoms with Gasteiger partial charge < -0.3 is 19.5 Å². The molecule has 0 atom stereocenters. The molecule has 2 aliphatic rings. The second-order valence-corrected chi connectivity index (χ2v) is 12.8. The van der Waals surface area contributed by atoms with E-state index < -0.39 is 23.5 Å². The standard InChI is InChI=1S/C38H50FN3O6/c1-9-11-18-29(34-30(21-23-47-34)26(4)41-24-28-17-13-19-31(33(28)39)36(44)46-8)25(3)20-22-40-32(14-10-2)42(35(43)27-15-12-16-27)37(45)48-38(5,6)7/h11,13-14,17-20,22,27,41H,9-10,12,15-16,21,23-24H2,1-8H3/b18-11+,25-20+,30-26+,32-14-,34-29-,40-22+. The Hall–Kier alpha value is -4.47. The third-order valence-corrected chi connectivity index (χ3v) is 7.94. The van der Waals surface area contributed by atoms with Gasteiger partial charge in [-0.2, -0.15) is 4.90 Å². The maximum atomic E-state index is 15.0. The van der Waals surface area contributed by atoms with Crippen LogP contribution in [0.25, 0.3) is 0 Å². The highest BCUT2D eigenvalue weighted by atomic mass is 19.1. The lowest BCUT2D eigenvalue weighted by molar-refractivity contribution is -0.135. The van der Waals surface area contributed by atoms with Crippen LogP contribution in [0.5, 0.6) is 0 Å². The van der Waals surface area contributed by atoms with Gasteiger partial charge in [0.1, 0.15) is 23.0 Å². The average Bonchev–Trinajstić information content (AvgIpc) is 3.48. The van der Waals surface area contributed by atoms with E-state index in [1.165, 1.54) is 13.2 Å². The summed E-state index contributed by atoms with van der Waals surface area (Å²) < 4.78 is 31.5. The molecule has 10 heteroatoms. The van der Waals surface area contributed by atoms with Crippen LogP contribution >= 0.6 is 0 Å². The van der Waals surface area contributed by atoms with Gasteiger partial charge in [-0.15, -0.1) is 0 Å². The number of carbonyl (C=O) groups is 3. The van der Waals surface area contributed by atoms with Crippen molar-refractivity contribution >= 4 is 24.2 Å². The predicted molar refractivity (Wildman–Crippen MR) is 185 cm³/mol. The van der Waals surface area contributed by atoms with E-state index in [4.69, 9.17) is 14.2 Å². The lowest BCUT2D eigenvalue weighted by atomic mass is 9.84. The normalized spacial score (nSPS) is 18.0. The van der Waals surface area contributed by atoms with Gasteiger partial charge in [-0.1, -0.05) is 44.6 Å². The quantitative estimate of drug-likeness (QED) is 0.177. The van der Waals surface area contributed by atoms with Gasteiger partial charge in [0.15, 0.2) is 0 Å². The van der Waals surface area contributed by atoms with Gasteiger partial charge in [0.05, 0.1) is 19.3 Å². The number of methoxy groups -OCH3 is 1. The van der Waals surface area contributed by atoms with Gasteiger partial charge in [-0.05, 0) is 84.1 Å². The maximum absolute atomic E-state index is 15.0. The zero-order valence-corrected chi connectivity index (χ0v) is 29.6. The Bertz CT molecular complexity index is 1540. The Morgan fingerprint density at radius 1 is 1.15 bits per heavy atom. The minimum atomic E-state index is -0.778. The lowest BCUT2D eigenvalue weighted by Gasteiger charge is -2.31. The monoisotopic (exact) mass is 663 g/mol. The second kappa shape index (κ2) is 17.6. The molecule has 1 saturated carbocycles. The van der Waals surface area contributed by atoms with Crippen LogP contribution in [0.2, 0.25) is 0 Å². The maximum Gasteiger partial charge on any atom is 0.422 e. The smallest absolute Gasteiger partial charge is 0.422 e. The number of rotatable bonds is 12. The van der Waals surface area contributed by atoms with Crippen LogP contribution in [0.15, 0.2) is 81.5 Å². The van der Waals surface area contributed by atoms with E-state index in [0.717, 1.165) is 53.0 Å². The molecular weight excluding hydrogens is 613 g/mol. The summed E-state index contributed by atoms with van der Waals surface area (Å²) in [6, 6.07) is 4.65. The van der Waals surface area contributed by atoms with Gasteiger partial charge >= 0.3 is 12.1 Å². The van der Waals surface area contributed by atoms with Crippen molar-refractivity contribution in [3.8, 4) is 0 Å². The summed E-state index contributed by atoms with van der Waals surface area (Å²) in [4.78, 5) is 44.3. The molecular formula is C38H50FN3O6. The first kappa shape index (κ1) is 38.0. The molecule has 260 valence electrons. The molecule has 1 N–H and O–H groups in total. The van der Waals surface area contributed by atoms with Crippen LogP contribution in [0.1, 0.15) is 103 Å². The summed E-state index contributed by atoms with van der Waals surface area (Å²) in [5.74, 6) is -0.931. The zero-order valence-electron chi connectivity index (χ0n) is 29.6. The van der Waals surface area contributed by atoms with Crippen LogP contribution in [0, 0.1) is 11.7 Å². The SMILES string of the molecule is CC/C=C(/N=C/C=C(C)/C(/C=C/CC)=C1\OCC\C1=C(\C)NCc1cccc(C(=O)OC)c1F)N(C(=O)OC(C)(C)C)C(=O)C1CCC1. The van der Waals surface area contributed by atoms with Crippen molar-refractivity contribution in [2.24, 2.45) is 10.9 Å². The van der Waals surface area contributed by atoms with E-state index in [1.807, 2.05) is 45.9 Å². The van der Waals surface area contributed by atoms with Crippen LogP contribution in [0.4, 0.5) is 9.18 Å². The topological polar surface area (TPSA) is 107 Å². The molecule has 9 nitrogen and oxygen atoms in total. The number of amides is 2. The number of nitrogens with one attached hydrogen (secondary N) is 1. The molecule has 1 saturated heterocycles. The van der Waals surface area contributed by atoms with Gasteiger partial charge in [0.2, 0.25) is 5.91 Å². The first-order chi connectivity index (χ1) is 22.8. The average molecular weight is 664 g/mol. The number of hydrogen-bond donors (Lipinski definition) is 1. The molecule has 0 radical (unpaired) electrons. The number of benzene rings is 1. The third kappa shape index (κ3) is 10.0. The van der Waals surface area contributed by atoms with Gasteiger partial charge in [0, 0.05) is 47.5 Å². The van der Waals surface area contributed by atoms with E-state index in [1.54, 1.807) is 45.2 Å². The van der Waals surface area contributed by atoms with Crippen LogP contribution in [-0.4, -0.2) is 48.4 Å². The molecule has 48 heavy (non-hydrogen) atoms. The molecule has 1 aromatic carbocycles. The molecule has 1 aliphatic heterocycles. The fourth-order valence-corrected chi connectivity index (χ4v) is 5.14. The Morgan fingerprint density at radius 2 is 1.88 bits per heavy atom. The van der Waals surface area contributed by atoms with Crippen molar-refractivity contribution < 1.29 is 33.0 Å². The van der Waals surface area contributed by atoms with Crippen molar-refractivity contribution in [3.05, 3.63) is 93.4 Å². The van der Waals surface area contributed by atoms with E-state index >= 15 is 4.39 Å². The van der Waals surface area contributed by atoms with E-state index in [9.17, 15) is 14.4 Å². The lowest BCUT2D eigenvalue weighted by Crippen LogP contribution is -2.44. The Kier molecular flexibility index (Phi) is 13.9.